The highest BCUT2D eigenvalue weighted by atomic mass is 35.5. The number of nitrogens with zero attached hydrogens (tertiary/aromatic N) is 2. The minimum Gasteiger partial charge on any atom is -0.451 e. The summed E-state index contributed by atoms with van der Waals surface area (Å²) in [5.41, 5.74) is 1.36. The zero-order valence-corrected chi connectivity index (χ0v) is 18.6. The Bertz CT molecular complexity index is 1180. The molecule has 3 aromatic rings. The molecule has 1 saturated carbocycles. The number of ether oxygens (including phenoxy) is 2. The van der Waals surface area contributed by atoms with E-state index in [1.807, 2.05) is 12.1 Å². The Hall–Kier alpha value is -3.18. The van der Waals surface area contributed by atoms with Crippen molar-refractivity contribution in [3.05, 3.63) is 71.2 Å². The summed E-state index contributed by atoms with van der Waals surface area (Å²) < 4.78 is 17.3. The van der Waals surface area contributed by atoms with E-state index in [9.17, 15) is 10.1 Å². The first-order valence-corrected chi connectivity index (χ1v) is 11.2. The summed E-state index contributed by atoms with van der Waals surface area (Å²) in [7, 11) is 0. The number of pyridine rings is 1. The molecule has 1 amide bonds. The third kappa shape index (κ3) is 4.25. The number of carbonyl (C=O) groups is 1. The van der Waals surface area contributed by atoms with Gasteiger partial charge in [0.2, 0.25) is 0 Å². The molecule has 2 fully saturated rings. The molecule has 7 nitrogen and oxygen atoms in total. The van der Waals surface area contributed by atoms with Crippen molar-refractivity contribution in [1.29, 1.82) is 5.26 Å². The Morgan fingerprint density at radius 3 is 2.36 bits per heavy atom. The van der Waals surface area contributed by atoms with Gasteiger partial charge in [0.25, 0.3) is 5.91 Å². The Morgan fingerprint density at radius 2 is 1.73 bits per heavy atom. The minimum atomic E-state index is -0.683. The second-order valence-corrected chi connectivity index (χ2v) is 8.79. The van der Waals surface area contributed by atoms with Gasteiger partial charge in [0, 0.05) is 23.4 Å². The van der Waals surface area contributed by atoms with Crippen LogP contribution in [0, 0.1) is 11.3 Å². The van der Waals surface area contributed by atoms with Crippen LogP contribution in [0.4, 0.5) is 5.69 Å². The lowest BCUT2D eigenvalue weighted by molar-refractivity contribution is -0.182. The number of benzene rings is 1. The Morgan fingerprint density at radius 1 is 1.00 bits per heavy atom. The fourth-order valence-corrected chi connectivity index (χ4v) is 4.57. The lowest BCUT2D eigenvalue weighted by atomic mass is 9.70. The van der Waals surface area contributed by atoms with Crippen molar-refractivity contribution >= 4 is 23.2 Å². The molecule has 1 spiro atoms. The van der Waals surface area contributed by atoms with Crippen LogP contribution in [0.15, 0.2) is 59.1 Å². The number of aromatic nitrogens is 1. The van der Waals surface area contributed by atoms with E-state index in [4.69, 9.17) is 25.5 Å². The minimum absolute atomic E-state index is 0.187. The van der Waals surface area contributed by atoms with Gasteiger partial charge in [-0.3, -0.25) is 9.78 Å². The maximum atomic E-state index is 12.6. The number of halogens is 1. The van der Waals surface area contributed by atoms with E-state index >= 15 is 0 Å². The number of hydrogen-bond donors (Lipinski definition) is 1. The van der Waals surface area contributed by atoms with Gasteiger partial charge in [-0.05, 0) is 61.4 Å². The molecule has 0 radical (unpaired) electrons. The normalized spacial score (nSPS) is 18.7. The number of furan rings is 1. The van der Waals surface area contributed by atoms with Gasteiger partial charge < -0.3 is 19.2 Å². The van der Waals surface area contributed by atoms with E-state index in [1.54, 1.807) is 42.6 Å². The molecule has 8 heteroatoms. The van der Waals surface area contributed by atoms with Gasteiger partial charge in [-0.2, -0.15) is 5.26 Å². The standard InChI is InChI=1S/C25H22ClN3O4/c26-18-3-1-17(2-4-18)20-6-7-21(33-20)23(30)29-19-5-8-22(28-15-19)24(16-27)9-11-25(12-10-24)31-13-14-32-25/h1-8,15H,9-14H2,(H,29,30). The second kappa shape index (κ2) is 8.64. The predicted molar refractivity (Wildman–Crippen MR) is 122 cm³/mol. The molecule has 1 aliphatic heterocycles. The Balaban J connectivity index is 1.26. The second-order valence-electron chi connectivity index (χ2n) is 8.36. The molecule has 3 heterocycles. The molecule has 0 bridgehead atoms. The summed E-state index contributed by atoms with van der Waals surface area (Å²) in [5.74, 6) is -0.157. The molecular weight excluding hydrogens is 442 g/mol. The molecule has 1 saturated heterocycles. The van der Waals surface area contributed by atoms with Gasteiger partial charge in [-0.1, -0.05) is 11.6 Å². The van der Waals surface area contributed by atoms with Crippen LogP contribution in [0.25, 0.3) is 11.3 Å². The molecule has 33 heavy (non-hydrogen) atoms. The molecule has 2 aromatic heterocycles. The quantitative estimate of drug-likeness (QED) is 0.562. The molecular formula is C25H22ClN3O4. The maximum absolute atomic E-state index is 12.6. The highest BCUT2D eigenvalue weighted by Gasteiger charge is 2.48. The summed E-state index contributed by atoms with van der Waals surface area (Å²) in [4.78, 5) is 17.1. The van der Waals surface area contributed by atoms with Crippen LogP contribution in [0.3, 0.4) is 0 Å². The molecule has 5 rings (SSSR count). The number of hydrogen-bond acceptors (Lipinski definition) is 6. The number of anilines is 1. The van der Waals surface area contributed by atoms with Crippen LogP contribution >= 0.6 is 11.6 Å². The number of nitrogens with one attached hydrogen (secondary N) is 1. The van der Waals surface area contributed by atoms with Gasteiger partial charge in [0.1, 0.15) is 5.76 Å². The molecule has 1 aliphatic carbocycles. The fraction of sp³-hybridized carbons (Fsp3) is 0.320. The van der Waals surface area contributed by atoms with Gasteiger partial charge in [-0.15, -0.1) is 0 Å². The van der Waals surface area contributed by atoms with Crippen molar-refractivity contribution in [1.82, 2.24) is 4.98 Å². The Kier molecular flexibility index (Phi) is 5.67. The molecule has 1 aromatic carbocycles. The van der Waals surface area contributed by atoms with Crippen LogP contribution in [0.2, 0.25) is 5.02 Å². The fourth-order valence-electron chi connectivity index (χ4n) is 4.44. The number of carbonyl (C=O) groups excluding carboxylic acids is 1. The van der Waals surface area contributed by atoms with E-state index in [-0.39, 0.29) is 11.7 Å². The topological polar surface area (TPSA) is 97.4 Å². The predicted octanol–water partition coefficient (Wildman–Crippen LogP) is 5.33. The zero-order chi connectivity index (χ0) is 22.9. The van der Waals surface area contributed by atoms with E-state index < -0.39 is 11.2 Å². The monoisotopic (exact) mass is 463 g/mol. The third-order valence-corrected chi connectivity index (χ3v) is 6.62. The highest BCUT2D eigenvalue weighted by Crippen LogP contribution is 2.45. The maximum Gasteiger partial charge on any atom is 0.291 e. The third-order valence-electron chi connectivity index (χ3n) is 6.36. The van der Waals surface area contributed by atoms with Crippen LogP contribution in [0.5, 0.6) is 0 Å². The lowest BCUT2D eigenvalue weighted by Gasteiger charge is -2.39. The van der Waals surface area contributed by atoms with Crippen LogP contribution in [0.1, 0.15) is 41.9 Å². The summed E-state index contributed by atoms with van der Waals surface area (Å²) in [5, 5.41) is 13.4. The smallest absolute Gasteiger partial charge is 0.291 e. The average Bonchev–Trinajstić information content (AvgIpc) is 3.52. The first-order chi connectivity index (χ1) is 16.0. The first-order valence-electron chi connectivity index (χ1n) is 10.8. The van der Waals surface area contributed by atoms with Gasteiger partial charge in [-0.25, -0.2) is 0 Å². The van der Waals surface area contributed by atoms with Crippen molar-refractivity contribution in [2.45, 2.75) is 36.9 Å². The van der Waals surface area contributed by atoms with Crippen LogP contribution in [-0.2, 0) is 14.9 Å². The summed E-state index contributed by atoms with van der Waals surface area (Å²) >= 11 is 5.92. The molecule has 0 atom stereocenters. The molecule has 1 N–H and O–H groups in total. The van der Waals surface area contributed by atoms with Gasteiger partial charge in [0.05, 0.1) is 42.3 Å². The van der Waals surface area contributed by atoms with Crippen molar-refractivity contribution in [3.63, 3.8) is 0 Å². The Labute approximate surface area is 196 Å². The zero-order valence-electron chi connectivity index (χ0n) is 17.8. The molecule has 0 unspecified atom stereocenters. The highest BCUT2D eigenvalue weighted by molar-refractivity contribution is 6.30. The summed E-state index contributed by atoms with van der Waals surface area (Å²) in [6, 6.07) is 16.6. The van der Waals surface area contributed by atoms with E-state index in [0.717, 1.165) is 5.56 Å². The lowest BCUT2D eigenvalue weighted by Crippen LogP contribution is -2.41. The van der Waals surface area contributed by atoms with Crippen LogP contribution in [-0.4, -0.2) is 29.9 Å². The van der Waals surface area contributed by atoms with E-state index in [1.165, 1.54) is 0 Å². The number of amides is 1. The van der Waals surface area contributed by atoms with Crippen molar-refractivity contribution in [2.75, 3.05) is 18.5 Å². The largest absolute Gasteiger partial charge is 0.451 e. The van der Waals surface area contributed by atoms with Gasteiger partial charge >= 0.3 is 0 Å². The van der Waals surface area contributed by atoms with Crippen molar-refractivity contribution < 1.29 is 18.7 Å². The van der Waals surface area contributed by atoms with E-state index in [0.29, 0.717) is 61.1 Å². The van der Waals surface area contributed by atoms with Crippen molar-refractivity contribution in [2.24, 2.45) is 0 Å². The molecule has 2 aliphatic rings. The molecule has 168 valence electrons. The summed E-state index contributed by atoms with van der Waals surface area (Å²) in [6.07, 6.45) is 4.12. The SMILES string of the molecule is N#CC1(c2ccc(NC(=O)c3ccc(-c4ccc(Cl)cc4)o3)cn2)CCC2(CC1)OCCO2. The number of rotatable bonds is 4. The average molecular weight is 464 g/mol. The number of nitriles is 1. The van der Waals surface area contributed by atoms with E-state index in [2.05, 4.69) is 16.4 Å². The van der Waals surface area contributed by atoms with Crippen LogP contribution < -0.4 is 5.32 Å². The summed E-state index contributed by atoms with van der Waals surface area (Å²) in [6.45, 7) is 1.20. The van der Waals surface area contributed by atoms with Crippen molar-refractivity contribution in [3.8, 4) is 17.4 Å². The first kappa shape index (κ1) is 21.7. The van der Waals surface area contributed by atoms with Gasteiger partial charge in [0.15, 0.2) is 11.5 Å².